The average Bonchev–Trinajstić information content (AvgIpc) is 3.33. The number of carbonyl (C=O) groups excluding carboxylic acids is 1. The normalized spacial score (nSPS) is 11.5. The molecule has 0 aliphatic heterocycles. The van der Waals surface area contributed by atoms with E-state index in [1.54, 1.807) is 30.1 Å². The molecule has 1 atom stereocenters. The number of ether oxygens (including phenoxy) is 1. The fourth-order valence-electron chi connectivity index (χ4n) is 3.90. The number of rotatable bonds is 9. The molecule has 0 unspecified atom stereocenters. The molecule has 0 radical (unpaired) electrons. The Balaban J connectivity index is 1.48. The molecule has 2 N–H and O–H groups in total. The van der Waals surface area contributed by atoms with Crippen molar-refractivity contribution in [2.75, 3.05) is 19.0 Å². The van der Waals surface area contributed by atoms with Gasteiger partial charge in [0.1, 0.15) is 11.8 Å². The van der Waals surface area contributed by atoms with E-state index in [2.05, 4.69) is 21.8 Å². The van der Waals surface area contributed by atoms with Gasteiger partial charge < -0.3 is 15.4 Å². The molecule has 0 bridgehead atoms. The summed E-state index contributed by atoms with van der Waals surface area (Å²) < 4.78 is 7.32. The molecular formula is C28H27N5O2. The fraction of sp³-hybridized carbons (Fsp3) is 0.179. The lowest BCUT2D eigenvalue weighted by Crippen LogP contribution is -2.34. The zero-order valence-corrected chi connectivity index (χ0v) is 19.7. The molecular weight excluding hydrogens is 438 g/mol. The number of nitrogens with zero attached hydrogens (tertiary/aromatic N) is 3. The lowest BCUT2D eigenvalue weighted by atomic mass is 10.0. The molecule has 7 nitrogen and oxygen atoms in total. The lowest BCUT2D eigenvalue weighted by molar-refractivity contribution is -0.118. The van der Waals surface area contributed by atoms with Crippen LogP contribution in [0.5, 0.6) is 5.75 Å². The van der Waals surface area contributed by atoms with E-state index in [9.17, 15) is 4.79 Å². The summed E-state index contributed by atoms with van der Waals surface area (Å²) >= 11 is 0. The topological polar surface area (TPSA) is 92.0 Å². The van der Waals surface area contributed by atoms with Gasteiger partial charge in [-0.15, -0.1) is 0 Å². The van der Waals surface area contributed by atoms with E-state index in [-0.39, 0.29) is 5.91 Å². The average molecular weight is 466 g/mol. The molecule has 0 aliphatic rings. The van der Waals surface area contributed by atoms with Gasteiger partial charge in [0.05, 0.1) is 24.9 Å². The Morgan fingerprint density at radius 2 is 1.89 bits per heavy atom. The third kappa shape index (κ3) is 5.94. The Morgan fingerprint density at radius 3 is 2.54 bits per heavy atom. The first-order chi connectivity index (χ1) is 17.1. The molecule has 0 fully saturated rings. The van der Waals surface area contributed by atoms with Crippen molar-refractivity contribution in [3.63, 3.8) is 0 Å². The molecule has 1 amide bonds. The van der Waals surface area contributed by atoms with E-state index in [0.29, 0.717) is 23.5 Å². The van der Waals surface area contributed by atoms with E-state index in [4.69, 9.17) is 10.00 Å². The summed E-state index contributed by atoms with van der Waals surface area (Å²) in [6.07, 6.45) is 4.43. The quantitative estimate of drug-likeness (QED) is 0.380. The number of hydrogen-bond donors (Lipinski definition) is 2. The van der Waals surface area contributed by atoms with Gasteiger partial charge in [-0.2, -0.15) is 10.4 Å². The van der Waals surface area contributed by atoms with Gasteiger partial charge in [0, 0.05) is 42.7 Å². The van der Waals surface area contributed by atoms with E-state index in [1.165, 1.54) is 0 Å². The summed E-state index contributed by atoms with van der Waals surface area (Å²) in [6, 6.07) is 24.3. The van der Waals surface area contributed by atoms with Crippen molar-refractivity contribution in [1.29, 1.82) is 5.26 Å². The minimum Gasteiger partial charge on any atom is -0.496 e. The van der Waals surface area contributed by atoms with Crippen LogP contribution in [0.15, 0.2) is 85.2 Å². The number of methoxy groups -OCH3 is 1. The van der Waals surface area contributed by atoms with Gasteiger partial charge >= 0.3 is 0 Å². The standard InChI is InChI=1S/C28H27N5O2/c1-33-19-23(18-31-33)25-13-12-24(16-26(25)35-2)32-28(34)27(22-6-4-3-5-7-22)30-15-14-20-8-10-21(17-29)11-9-20/h3-13,16,18-19,27,30H,14-15H2,1-2H3,(H,32,34)/t27-/m0/s1. The van der Waals surface area contributed by atoms with Crippen LogP contribution in [0.4, 0.5) is 5.69 Å². The SMILES string of the molecule is COc1cc(NC(=O)[C@@H](NCCc2ccc(C#N)cc2)c2ccccc2)ccc1-c1cnn(C)c1. The highest BCUT2D eigenvalue weighted by molar-refractivity contribution is 5.96. The maximum absolute atomic E-state index is 13.3. The van der Waals surface area contributed by atoms with Gasteiger partial charge in [-0.1, -0.05) is 42.5 Å². The van der Waals surface area contributed by atoms with Crippen molar-refractivity contribution in [1.82, 2.24) is 15.1 Å². The van der Waals surface area contributed by atoms with Gasteiger partial charge in [0.2, 0.25) is 5.91 Å². The van der Waals surface area contributed by atoms with Gasteiger partial charge in [-0.05, 0) is 41.8 Å². The second-order valence-electron chi connectivity index (χ2n) is 8.16. The first-order valence-corrected chi connectivity index (χ1v) is 11.3. The molecule has 3 aromatic carbocycles. The van der Waals surface area contributed by atoms with Crippen molar-refractivity contribution < 1.29 is 9.53 Å². The molecule has 1 aromatic heterocycles. The van der Waals surface area contributed by atoms with Gasteiger partial charge in [0.25, 0.3) is 0 Å². The van der Waals surface area contributed by atoms with Crippen LogP contribution in [0.25, 0.3) is 11.1 Å². The predicted molar refractivity (Wildman–Crippen MR) is 136 cm³/mol. The Kier molecular flexibility index (Phi) is 7.56. The van der Waals surface area contributed by atoms with Crippen molar-refractivity contribution in [3.05, 3.63) is 102 Å². The summed E-state index contributed by atoms with van der Waals surface area (Å²) in [7, 11) is 3.47. The van der Waals surface area contributed by atoms with E-state index in [0.717, 1.165) is 28.7 Å². The highest BCUT2D eigenvalue weighted by Crippen LogP contribution is 2.32. The third-order valence-corrected chi connectivity index (χ3v) is 5.73. The van der Waals surface area contributed by atoms with Crippen LogP contribution in [0.1, 0.15) is 22.7 Å². The number of aromatic nitrogens is 2. The fourth-order valence-corrected chi connectivity index (χ4v) is 3.90. The van der Waals surface area contributed by atoms with Crippen LogP contribution in [0, 0.1) is 11.3 Å². The molecule has 4 aromatic rings. The first kappa shape index (κ1) is 23.7. The maximum atomic E-state index is 13.3. The zero-order valence-electron chi connectivity index (χ0n) is 19.7. The Labute approximate surface area is 205 Å². The number of aryl methyl sites for hydroxylation is 1. The van der Waals surface area contributed by atoms with Crippen molar-refractivity contribution in [2.45, 2.75) is 12.5 Å². The van der Waals surface area contributed by atoms with Crippen LogP contribution in [-0.4, -0.2) is 29.3 Å². The monoisotopic (exact) mass is 465 g/mol. The van der Waals surface area contributed by atoms with E-state index >= 15 is 0 Å². The summed E-state index contributed by atoms with van der Waals surface area (Å²) in [6.45, 7) is 0.599. The minimum absolute atomic E-state index is 0.160. The molecule has 35 heavy (non-hydrogen) atoms. The summed E-state index contributed by atoms with van der Waals surface area (Å²) in [5.41, 5.74) is 5.10. The molecule has 1 heterocycles. The number of carbonyl (C=O) groups is 1. The second kappa shape index (κ2) is 11.1. The van der Waals surface area contributed by atoms with Gasteiger partial charge in [-0.3, -0.25) is 9.48 Å². The van der Waals surface area contributed by atoms with Crippen LogP contribution in [0.2, 0.25) is 0 Å². The summed E-state index contributed by atoms with van der Waals surface area (Å²) in [5.74, 6) is 0.494. The molecule has 0 aliphatic carbocycles. The van der Waals surface area contributed by atoms with Crippen LogP contribution >= 0.6 is 0 Å². The first-order valence-electron chi connectivity index (χ1n) is 11.3. The third-order valence-electron chi connectivity index (χ3n) is 5.73. The van der Waals surface area contributed by atoms with Crippen molar-refractivity contribution in [3.8, 4) is 22.9 Å². The molecule has 0 spiro atoms. The number of anilines is 1. The van der Waals surface area contributed by atoms with Gasteiger partial charge in [-0.25, -0.2) is 0 Å². The predicted octanol–water partition coefficient (Wildman–Crippen LogP) is 4.48. The second-order valence-corrected chi connectivity index (χ2v) is 8.16. The number of nitriles is 1. The Morgan fingerprint density at radius 1 is 1.11 bits per heavy atom. The van der Waals surface area contributed by atoms with Gasteiger partial charge in [0.15, 0.2) is 0 Å². The van der Waals surface area contributed by atoms with Crippen molar-refractivity contribution in [2.24, 2.45) is 7.05 Å². The largest absolute Gasteiger partial charge is 0.496 e. The smallest absolute Gasteiger partial charge is 0.246 e. The molecule has 4 rings (SSSR count). The Hall–Kier alpha value is -4.41. The molecule has 0 saturated heterocycles. The summed E-state index contributed by atoms with van der Waals surface area (Å²) in [4.78, 5) is 13.3. The van der Waals surface area contributed by atoms with E-state index < -0.39 is 6.04 Å². The highest BCUT2D eigenvalue weighted by Gasteiger charge is 2.20. The number of amides is 1. The zero-order chi connectivity index (χ0) is 24.6. The highest BCUT2D eigenvalue weighted by atomic mass is 16.5. The lowest BCUT2D eigenvalue weighted by Gasteiger charge is -2.20. The number of hydrogen-bond acceptors (Lipinski definition) is 5. The molecule has 7 heteroatoms. The van der Waals surface area contributed by atoms with Crippen LogP contribution < -0.4 is 15.4 Å². The van der Waals surface area contributed by atoms with Crippen LogP contribution in [0.3, 0.4) is 0 Å². The maximum Gasteiger partial charge on any atom is 0.246 e. The molecule has 0 saturated carbocycles. The summed E-state index contributed by atoms with van der Waals surface area (Å²) in [5, 5.41) is 19.6. The number of nitrogens with one attached hydrogen (secondary N) is 2. The van der Waals surface area contributed by atoms with Crippen molar-refractivity contribution >= 4 is 11.6 Å². The minimum atomic E-state index is -0.529. The number of benzene rings is 3. The van der Waals surface area contributed by atoms with E-state index in [1.807, 2.05) is 73.9 Å². The van der Waals surface area contributed by atoms with Crippen LogP contribution in [-0.2, 0) is 18.3 Å². The molecule has 176 valence electrons. The Bertz CT molecular complexity index is 1320.